The average molecular weight is 352 g/mol. The number of hydrogen-bond acceptors (Lipinski definition) is 6. The van der Waals surface area contributed by atoms with Crippen molar-refractivity contribution in [2.24, 2.45) is 0 Å². The zero-order chi connectivity index (χ0) is 18.3. The molecule has 0 saturated carbocycles. The molecule has 26 heavy (non-hydrogen) atoms. The zero-order valence-electron chi connectivity index (χ0n) is 14.1. The fourth-order valence-corrected chi connectivity index (χ4v) is 3.29. The Balaban J connectivity index is 1.85. The molecule has 2 aromatic heterocycles. The molecule has 0 saturated heterocycles. The smallest absolute Gasteiger partial charge is 0.376 e. The van der Waals surface area contributed by atoms with E-state index in [1.807, 2.05) is 18.2 Å². The molecule has 3 aromatic rings. The van der Waals surface area contributed by atoms with Crippen LogP contribution < -0.4 is 15.2 Å². The predicted molar refractivity (Wildman–Crippen MR) is 95.9 cm³/mol. The highest BCUT2D eigenvalue weighted by Gasteiger charge is 2.29. The summed E-state index contributed by atoms with van der Waals surface area (Å²) in [5.41, 5.74) is 1.39. The first kappa shape index (κ1) is 16.1. The van der Waals surface area contributed by atoms with Crippen molar-refractivity contribution >= 4 is 17.2 Å². The van der Waals surface area contributed by atoms with E-state index < -0.39 is 16.2 Å². The second-order valence-electron chi connectivity index (χ2n) is 6.08. The summed E-state index contributed by atoms with van der Waals surface area (Å²) in [6, 6.07) is 10.9. The van der Waals surface area contributed by atoms with Crippen LogP contribution >= 0.6 is 0 Å². The number of nitro groups is 1. The third-order valence-electron chi connectivity index (χ3n) is 4.60. The number of ether oxygens (including phenoxy) is 1. The molecule has 1 aliphatic rings. The monoisotopic (exact) mass is 352 g/mol. The normalized spacial score (nSPS) is 13.5. The molecule has 4 rings (SSSR count). The molecular formula is C18H16N4O4. The number of nitrogens with zero attached hydrogens (tertiary/aromatic N) is 4. The lowest BCUT2D eigenvalue weighted by molar-refractivity contribution is -0.385. The van der Waals surface area contributed by atoms with Gasteiger partial charge in [0.05, 0.1) is 12.0 Å². The molecule has 0 amide bonds. The molecular weight excluding hydrogens is 336 g/mol. The molecule has 0 aliphatic carbocycles. The molecule has 8 heteroatoms. The Labute approximate surface area is 148 Å². The molecule has 0 spiro atoms. The van der Waals surface area contributed by atoms with Gasteiger partial charge in [0.2, 0.25) is 5.82 Å². The van der Waals surface area contributed by atoms with Crippen LogP contribution in [0.15, 0.2) is 47.4 Å². The van der Waals surface area contributed by atoms with Crippen molar-refractivity contribution < 1.29 is 9.66 Å². The highest BCUT2D eigenvalue weighted by Crippen LogP contribution is 2.30. The Hall–Kier alpha value is -3.42. The lowest BCUT2D eigenvalue weighted by Gasteiger charge is -2.29. The molecule has 0 atom stereocenters. The van der Waals surface area contributed by atoms with Crippen molar-refractivity contribution in [2.75, 3.05) is 18.6 Å². The molecule has 1 aliphatic heterocycles. The Morgan fingerprint density at radius 1 is 1.23 bits per heavy atom. The van der Waals surface area contributed by atoms with Crippen molar-refractivity contribution in [2.45, 2.75) is 13.0 Å². The number of aromatic nitrogens is 2. The van der Waals surface area contributed by atoms with Crippen molar-refractivity contribution in [3.05, 3.63) is 74.2 Å². The summed E-state index contributed by atoms with van der Waals surface area (Å²) in [6.45, 7) is 0.985. The molecule has 1 aromatic carbocycles. The molecule has 0 fully saturated rings. The molecule has 132 valence electrons. The third kappa shape index (κ3) is 2.55. The maximum Gasteiger partial charge on any atom is 0.376 e. The van der Waals surface area contributed by atoms with E-state index in [1.165, 1.54) is 16.2 Å². The number of methoxy groups -OCH3 is 1. The Morgan fingerprint density at radius 3 is 2.85 bits per heavy atom. The quantitative estimate of drug-likeness (QED) is 0.530. The fraction of sp³-hybridized carbons (Fsp3) is 0.222. The number of pyridine rings is 1. The van der Waals surface area contributed by atoms with Crippen molar-refractivity contribution in [1.82, 2.24) is 9.38 Å². The van der Waals surface area contributed by atoms with Gasteiger partial charge in [-0.05, 0) is 41.8 Å². The number of fused-ring (bicyclic) bond motifs is 2. The summed E-state index contributed by atoms with van der Waals surface area (Å²) in [5, 5.41) is 11.6. The second-order valence-corrected chi connectivity index (χ2v) is 6.08. The number of rotatable bonds is 3. The molecule has 3 heterocycles. The van der Waals surface area contributed by atoms with Crippen LogP contribution in [0.3, 0.4) is 0 Å². The van der Waals surface area contributed by atoms with E-state index in [1.54, 1.807) is 30.2 Å². The number of hydrogen-bond donors (Lipinski definition) is 0. The van der Waals surface area contributed by atoms with Crippen molar-refractivity contribution in [3.8, 4) is 5.75 Å². The van der Waals surface area contributed by atoms with Crippen molar-refractivity contribution in [3.63, 3.8) is 0 Å². The SMILES string of the molecule is COc1ccc2c(c1)CN(c1nc3ccccn3c(=O)c1[N+](=O)[O-])CC2. The average Bonchev–Trinajstić information content (AvgIpc) is 2.66. The van der Waals surface area contributed by atoms with Gasteiger partial charge >= 0.3 is 11.2 Å². The molecule has 0 radical (unpaired) electrons. The summed E-state index contributed by atoms with van der Waals surface area (Å²) >= 11 is 0. The predicted octanol–water partition coefficient (Wildman–Crippen LogP) is 2.17. The van der Waals surface area contributed by atoms with Gasteiger partial charge in [0, 0.05) is 19.3 Å². The van der Waals surface area contributed by atoms with E-state index in [4.69, 9.17) is 4.74 Å². The fourth-order valence-electron chi connectivity index (χ4n) is 3.29. The molecule has 0 N–H and O–H groups in total. The first-order valence-electron chi connectivity index (χ1n) is 8.15. The van der Waals surface area contributed by atoms with Crippen LogP contribution in [-0.2, 0) is 13.0 Å². The number of benzene rings is 1. The van der Waals surface area contributed by atoms with Crippen LogP contribution in [0.4, 0.5) is 11.5 Å². The van der Waals surface area contributed by atoms with E-state index in [9.17, 15) is 14.9 Å². The van der Waals surface area contributed by atoms with Crippen molar-refractivity contribution in [1.29, 1.82) is 0 Å². The summed E-state index contributed by atoms with van der Waals surface area (Å²) < 4.78 is 6.46. The Morgan fingerprint density at radius 2 is 2.08 bits per heavy atom. The molecule has 0 unspecified atom stereocenters. The van der Waals surface area contributed by atoms with E-state index >= 15 is 0 Å². The van der Waals surface area contributed by atoms with Crippen LogP contribution in [0, 0.1) is 10.1 Å². The minimum atomic E-state index is -0.674. The summed E-state index contributed by atoms with van der Waals surface area (Å²) in [5.74, 6) is 0.839. The van der Waals surface area contributed by atoms with Crippen LogP contribution in [0.25, 0.3) is 5.65 Å². The van der Waals surface area contributed by atoms with E-state index in [-0.39, 0.29) is 5.82 Å². The maximum absolute atomic E-state index is 12.6. The van der Waals surface area contributed by atoms with E-state index in [0.717, 1.165) is 11.3 Å². The van der Waals surface area contributed by atoms with E-state index in [0.29, 0.717) is 25.2 Å². The van der Waals surface area contributed by atoms with Gasteiger partial charge in [0.25, 0.3) is 0 Å². The highest BCUT2D eigenvalue weighted by atomic mass is 16.6. The Bertz CT molecular complexity index is 1080. The topological polar surface area (TPSA) is 90.0 Å². The summed E-state index contributed by atoms with van der Waals surface area (Å²) in [6.07, 6.45) is 2.20. The largest absolute Gasteiger partial charge is 0.497 e. The number of anilines is 1. The van der Waals surface area contributed by atoms with Crippen LogP contribution in [-0.4, -0.2) is 28.0 Å². The Kier molecular flexibility index (Phi) is 3.80. The minimum Gasteiger partial charge on any atom is -0.497 e. The van der Waals surface area contributed by atoms with Gasteiger partial charge in [0.15, 0.2) is 0 Å². The third-order valence-corrected chi connectivity index (χ3v) is 4.60. The van der Waals surface area contributed by atoms with Gasteiger partial charge in [-0.15, -0.1) is 0 Å². The maximum atomic E-state index is 12.6. The highest BCUT2D eigenvalue weighted by molar-refractivity contribution is 5.62. The van der Waals surface area contributed by atoms with Crippen LogP contribution in [0.5, 0.6) is 5.75 Å². The summed E-state index contributed by atoms with van der Waals surface area (Å²) in [7, 11) is 1.60. The van der Waals surface area contributed by atoms with Gasteiger partial charge in [-0.25, -0.2) is 4.98 Å². The van der Waals surface area contributed by atoms with Gasteiger partial charge in [-0.1, -0.05) is 12.1 Å². The molecule has 0 bridgehead atoms. The molecule has 8 nitrogen and oxygen atoms in total. The van der Waals surface area contributed by atoms with Gasteiger partial charge < -0.3 is 9.64 Å². The first-order valence-corrected chi connectivity index (χ1v) is 8.15. The van der Waals surface area contributed by atoms with Gasteiger partial charge in [-0.2, -0.15) is 0 Å². The first-order chi connectivity index (χ1) is 12.6. The van der Waals surface area contributed by atoms with E-state index in [2.05, 4.69) is 4.98 Å². The van der Waals surface area contributed by atoms with Gasteiger partial charge in [-0.3, -0.25) is 19.3 Å². The zero-order valence-corrected chi connectivity index (χ0v) is 14.1. The lowest BCUT2D eigenvalue weighted by atomic mass is 9.99. The lowest BCUT2D eigenvalue weighted by Crippen LogP contribution is -2.34. The standard InChI is InChI=1S/C18H16N4O4/c1-26-14-6-5-12-7-9-20(11-13(12)10-14)17-16(22(24)25)18(23)21-8-3-2-4-15(21)19-17/h2-6,8,10H,7,9,11H2,1H3. The second kappa shape index (κ2) is 6.14. The minimum absolute atomic E-state index is 0.111. The summed E-state index contributed by atoms with van der Waals surface area (Å²) in [4.78, 5) is 29.7. The van der Waals surface area contributed by atoms with Crippen LogP contribution in [0.2, 0.25) is 0 Å². The van der Waals surface area contributed by atoms with Gasteiger partial charge in [0.1, 0.15) is 11.4 Å². The van der Waals surface area contributed by atoms with Crippen LogP contribution in [0.1, 0.15) is 11.1 Å².